The van der Waals surface area contributed by atoms with E-state index in [2.05, 4.69) is 36.1 Å². The van der Waals surface area contributed by atoms with Crippen LogP contribution in [0, 0.1) is 0 Å². The van der Waals surface area contributed by atoms with E-state index < -0.39 is 0 Å². The highest BCUT2D eigenvalue weighted by molar-refractivity contribution is 5.29. The van der Waals surface area contributed by atoms with Gasteiger partial charge in [-0.25, -0.2) is 0 Å². The molecule has 1 aliphatic carbocycles. The third-order valence-electron chi connectivity index (χ3n) is 2.74. The summed E-state index contributed by atoms with van der Waals surface area (Å²) in [6.07, 6.45) is 12.8. The first-order valence-electron chi connectivity index (χ1n) is 7.15. The van der Waals surface area contributed by atoms with E-state index in [1.165, 1.54) is 37.2 Å². The van der Waals surface area contributed by atoms with Crippen LogP contribution in [0.25, 0.3) is 0 Å². The van der Waals surface area contributed by atoms with Gasteiger partial charge in [-0.2, -0.15) is 0 Å². The van der Waals surface area contributed by atoms with Gasteiger partial charge in [0.25, 0.3) is 0 Å². The Morgan fingerprint density at radius 1 is 0.941 bits per heavy atom. The van der Waals surface area contributed by atoms with Crippen LogP contribution in [-0.2, 0) is 0 Å². The highest BCUT2D eigenvalue weighted by Crippen LogP contribution is 2.18. The Morgan fingerprint density at radius 2 is 1.53 bits per heavy atom. The van der Waals surface area contributed by atoms with Gasteiger partial charge >= 0.3 is 0 Å². The molecule has 0 atom stereocenters. The molecule has 1 heteroatoms. The van der Waals surface area contributed by atoms with Crippen LogP contribution in [0.5, 0.6) is 0 Å². The molecule has 0 saturated carbocycles. The van der Waals surface area contributed by atoms with Crippen LogP contribution in [0.1, 0.15) is 53.9 Å². The zero-order valence-electron chi connectivity index (χ0n) is 12.3. The first kappa shape index (κ1) is 16.0. The summed E-state index contributed by atoms with van der Waals surface area (Å²) in [5, 5.41) is 0. The van der Waals surface area contributed by atoms with E-state index in [0.29, 0.717) is 0 Å². The van der Waals surface area contributed by atoms with E-state index in [1.54, 1.807) is 0 Å². The largest absolute Gasteiger partial charge is 0.372 e. The molecular weight excluding hydrogens is 206 g/mol. The molecule has 1 nitrogen and oxygen atoms in total. The van der Waals surface area contributed by atoms with Crippen molar-refractivity contribution in [2.24, 2.45) is 0 Å². The Morgan fingerprint density at radius 3 is 2.12 bits per heavy atom. The van der Waals surface area contributed by atoms with Gasteiger partial charge in [0.15, 0.2) is 0 Å². The summed E-state index contributed by atoms with van der Waals surface area (Å²) < 4.78 is 0. The highest BCUT2D eigenvalue weighted by Gasteiger charge is 2.12. The summed E-state index contributed by atoms with van der Waals surface area (Å²) in [4.78, 5) is 2.48. The lowest BCUT2D eigenvalue weighted by Crippen LogP contribution is -2.16. The van der Waals surface area contributed by atoms with Gasteiger partial charge in [-0.05, 0) is 38.3 Å². The maximum atomic E-state index is 2.48. The molecule has 0 amide bonds. The van der Waals surface area contributed by atoms with Crippen LogP contribution in [0.4, 0.5) is 0 Å². The molecule has 0 spiro atoms. The van der Waals surface area contributed by atoms with E-state index in [-0.39, 0.29) is 0 Å². The molecule has 98 valence electrons. The predicted octanol–water partition coefficient (Wildman–Crippen LogP) is 4.92. The minimum atomic E-state index is 1.10. The SMILES string of the molecule is CC.CC.CC1=CC=C(N2CCCC2)C=CC1. The molecule has 0 radical (unpaired) electrons. The summed E-state index contributed by atoms with van der Waals surface area (Å²) >= 11 is 0. The van der Waals surface area contributed by atoms with Crippen molar-refractivity contribution in [3.8, 4) is 0 Å². The normalized spacial score (nSPS) is 18.1. The van der Waals surface area contributed by atoms with Gasteiger partial charge in [0.2, 0.25) is 0 Å². The molecule has 2 aliphatic rings. The Bertz CT molecular complexity index is 265. The Balaban J connectivity index is 0.000000581. The quantitative estimate of drug-likeness (QED) is 0.623. The molecule has 2 rings (SSSR count). The fraction of sp³-hybridized carbons (Fsp3) is 0.625. The summed E-state index contributed by atoms with van der Waals surface area (Å²) in [5.74, 6) is 0. The minimum absolute atomic E-state index is 1.10. The Hall–Kier alpha value is -0.980. The molecule has 0 aromatic heterocycles. The average Bonchev–Trinajstić information content (AvgIpc) is 2.84. The lowest BCUT2D eigenvalue weighted by Gasteiger charge is -2.17. The van der Waals surface area contributed by atoms with Crippen molar-refractivity contribution < 1.29 is 0 Å². The van der Waals surface area contributed by atoms with Crippen molar-refractivity contribution >= 4 is 0 Å². The monoisotopic (exact) mass is 235 g/mol. The van der Waals surface area contributed by atoms with Crippen LogP contribution in [-0.4, -0.2) is 18.0 Å². The molecule has 1 aliphatic heterocycles. The molecule has 0 N–H and O–H groups in total. The second-order valence-electron chi connectivity index (χ2n) is 3.91. The molecule has 0 unspecified atom stereocenters. The third-order valence-corrected chi connectivity index (χ3v) is 2.74. The fourth-order valence-electron chi connectivity index (χ4n) is 1.90. The second kappa shape index (κ2) is 10.2. The molecule has 1 saturated heterocycles. The summed E-state index contributed by atoms with van der Waals surface area (Å²) in [6.45, 7) is 12.7. The number of nitrogens with zero attached hydrogens (tertiary/aromatic N) is 1. The minimum Gasteiger partial charge on any atom is -0.372 e. The number of hydrogen-bond acceptors (Lipinski definition) is 1. The van der Waals surface area contributed by atoms with Gasteiger partial charge in [0.05, 0.1) is 0 Å². The smallest absolute Gasteiger partial charge is 0.0363 e. The van der Waals surface area contributed by atoms with Gasteiger partial charge in [0.1, 0.15) is 0 Å². The fourth-order valence-corrected chi connectivity index (χ4v) is 1.90. The third kappa shape index (κ3) is 5.76. The second-order valence-corrected chi connectivity index (χ2v) is 3.91. The molecule has 0 aromatic rings. The van der Waals surface area contributed by atoms with Crippen molar-refractivity contribution in [3.63, 3.8) is 0 Å². The summed E-state index contributed by atoms with van der Waals surface area (Å²) in [6, 6.07) is 0. The van der Waals surface area contributed by atoms with E-state index in [1.807, 2.05) is 27.7 Å². The first-order chi connectivity index (χ1) is 8.36. The lowest BCUT2D eigenvalue weighted by atomic mass is 10.2. The summed E-state index contributed by atoms with van der Waals surface area (Å²) in [7, 11) is 0. The van der Waals surface area contributed by atoms with Crippen molar-refractivity contribution in [2.45, 2.75) is 53.9 Å². The van der Waals surface area contributed by atoms with Crippen LogP contribution in [0.2, 0.25) is 0 Å². The Kier molecular flexibility index (Phi) is 9.60. The van der Waals surface area contributed by atoms with Gasteiger partial charge < -0.3 is 4.90 Å². The van der Waals surface area contributed by atoms with Crippen LogP contribution in [0.3, 0.4) is 0 Å². The van der Waals surface area contributed by atoms with Crippen molar-refractivity contribution in [1.82, 2.24) is 4.90 Å². The Labute approximate surface area is 108 Å². The van der Waals surface area contributed by atoms with Crippen LogP contribution < -0.4 is 0 Å². The van der Waals surface area contributed by atoms with Gasteiger partial charge in [-0.1, -0.05) is 45.4 Å². The van der Waals surface area contributed by atoms with E-state index in [4.69, 9.17) is 0 Å². The highest BCUT2D eigenvalue weighted by atomic mass is 15.1. The zero-order chi connectivity index (χ0) is 13.1. The van der Waals surface area contributed by atoms with Gasteiger partial charge in [0, 0.05) is 18.8 Å². The van der Waals surface area contributed by atoms with E-state index >= 15 is 0 Å². The standard InChI is InChI=1S/C12H17N.2C2H6/c1-11-5-4-6-12(8-7-11)13-9-2-3-10-13;2*1-2/h4,6-8H,2-3,5,9-10H2,1H3;2*1-2H3. The van der Waals surface area contributed by atoms with E-state index in [0.717, 1.165) is 6.42 Å². The zero-order valence-corrected chi connectivity index (χ0v) is 12.3. The maximum Gasteiger partial charge on any atom is 0.0363 e. The summed E-state index contributed by atoms with van der Waals surface area (Å²) in [5.41, 5.74) is 2.85. The molecule has 17 heavy (non-hydrogen) atoms. The average molecular weight is 235 g/mol. The lowest BCUT2D eigenvalue weighted by molar-refractivity contribution is 0.440. The predicted molar refractivity (Wildman–Crippen MR) is 79.1 cm³/mol. The topological polar surface area (TPSA) is 3.24 Å². The number of rotatable bonds is 1. The number of likely N-dealkylation sites (tertiary alicyclic amines) is 1. The van der Waals surface area contributed by atoms with Crippen LogP contribution >= 0.6 is 0 Å². The molecule has 1 heterocycles. The maximum absolute atomic E-state index is 2.48. The van der Waals surface area contributed by atoms with Crippen molar-refractivity contribution in [2.75, 3.05) is 13.1 Å². The molecule has 1 fully saturated rings. The van der Waals surface area contributed by atoms with Crippen molar-refractivity contribution in [3.05, 3.63) is 35.6 Å². The first-order valence-corrected chi connectivity index (χ1v) is 7.15. The molecule has 0 bridgehead atoms. The number of hydrogen-bond donors (Lipinski definition) is 0. The number of allylic oxidation sites excluding steroid dienone is 5. The van der Waals surface area contributed by atoms with Crippen molar-refractivity contribution in [1.29, 1.82) is 0 Å². The van der Waals surface area contributed by atoms with E-state index in [9.17, 15) is 0 Å². The van der Waals surface area contributed by atoms with Gasteiger partial charge in [-0.15, -0.1) is 0 Å². The van der Waals surface area contributed by atoms with Gasteiger partial charge in [-0.3, -0.25) is 0 Å². The molecule has 0 aromatic carbocycles. The molecular formula is C16H29N. The van der Waals surface area contributed by atoms with Crippen LogP contribution in [0.15, 0.2) is 35.6 Å².